The lowest BCUT2D eigenvalue weighted by atomic mass is 9.90. The van der Waals surface area contributed by atoms with Gasteiger partial charge < -0.3 is 20.7 Å². The number of hydrogen-bond donors (Lipinski definition) is 3. The lowest BCUT2D eigenvalue weighted by Gasteiger charge is -2.32. The highest BCUT2D eigenvalue weighted by Gasteiger charge is 2.29. The van der Waals surface area contributed by atoms with Gasteiger partial charge >= 0.3 is 6.03 Å². The van der Waals surface area contributed by atoms with Crippen molar-refractivity contribution in [2.45, 2.75) is 58.2 Å². The molecule has 1 saturated carbocycles. The van der Waals surface area contributed by atoms with Crippen LogP contribution in [0.1, 0.15) is 52.3 Å². The van der Waals surface area contributed by atoms with Crippen LogP contribution in [0.15, 0.2) is 47.8 Å². The van der Waals surface area contributed by atoms with Gasteiger partial charge in [-0.3, -0.25) is 4.79 Å². The van der Waals surface area contributed by atoms with Crippen molar-refractivity contribution < 1.29 is 14.3 Å². The SMILES string of the molecule is Cc1cccc(NC(=O)N[C@@H]2CCCC[C@H]2NC(=O)c2csc(COc3ccc(Cl)cc3)n2)c1C. The first-order chi connectivity index (χ1) is 16.9. The smallest absolute Gasteiger partial charge is 0.319 e. The van der Waals surface area contributed by atoms with Crippen molar-refractivity contribution in [2.24, 2.45) is 0 Å². The maximum Gasteiger partial charge on any atom is 0.319 e. The van der Waals surface area contributed by atoms with Crippen LogP contribution in [-0.2, 0) is 6.61 Å². The molecule has 1 aromatic heterocycles. The zero-order valence-corrected chi connectivity index (χ0v) is 21.3. The minimum atomic E-state index is -0.264. The standard InChI is InChI=1S/C26H29ClN4O3S/c1-16-6-5-9-20(17(16)2)30-26(33)31-22-8-4-3-7-21(22)29-25(32)23-15-35-24(28-23)14-34-19-12-10-18(27)11-13-19/h5-6,9-13,15,21-22H,3-4,7-8,14H2,1-2H3,(H,29,32)(H2,30,31,33)/t21-,22-/m1/s1. The zero-order chi connectivity index (χ0) is 24.8. The van der Waals surface area contributed by atoms with Gasteiger partial charge in [0.05, 0.1) is 6.04 Å². The molecule has 0 spiro atoms. The summed E-state index contributed by atoms with van der Waals surface area (Å²) in [5, 5.41) is 12.2. The number of carbonyl (C=O) groups is 2. The number of hydrogen-bond acceptors (Lipinski definition) is 5. The second-order valence-electron chi connectivity index (χ2n) is 8.69. The minimum Gasteiger partial charge on any atom is -0.486 e. The monoisotopic (exact) mass is 512 g/mol. The second kappa shape index (κ2) is 11.6. The highest BCUT2D eigenvalue weighted by molar-refractivity contribution is 7.09. The molecule has 7 nitrogen and oxygen atoms in total. The van der Waals surface area contributed by atoms with Gasteiger partial charge in [0.25, 0.3) is 5.91 Å². The summed E-state index contributed by atoms with van der Waals surface area (Å²) in [5.74, 6) is 0.443. The Labute approximate surface area is 214 Å². The zero-order valence-electron chi connectivity index (χ0n) is 19.8. The maximum atomic E-state index is 12.9. The molecule has 3 aromatic rings. The highest BCUT2D eigenvalue weighted by Crippen LogP contribution is 2.22. The summed E-state index contributed by atoms with van der Waals surface area (Å²) >= 11 is 7.27. The van der Waals surface area contributed by atoms with E-state index < -0.39 is 0 Å². The van der Waals surface area contributed by atoms with Crippen molar-refractivity contribution in [1.82, 2.24) is 15.6 Å². The normalized spacial score (nSPS) is 17.5. The molecule has 0 unspecified atom stereocenters. The number of aryl methyl sites for hydroxylation is 1. The molecule has 0 radical (unpaired) electrons. The predicted octanol–water partition coefficient (Wildman–Crippen LogP) is 5.86. The number of urea groups is 1. The van der Waals surface area contributed by atoms with Crippen molar-refractivity contribution in [1.29, 1.82) is 0 Å². The fraction of sp³-hybridized carbons (Fsp3) is 0.346. The molecule has 2 atom stereocenters. The van der Waals surface area contributed by atoms with Crippen LogP contribution in [0.3, 0.4) is 0 Å². The van der Waals surface area contributed by atoms with Crippen LogP contribution in [0.4, 0.5) is 10.5 Å². The Hall–Kier alpha value is -3.10. The van der Waals surface area contributed by atoms with Crippen LogP contribution in [0.2, 0.25) is 5.02 Å². The van der Waals surface area contributed by atoms with Gasteiger partial charge in [0, 0.05) is 22.1 Å². The Morgan fingerprint density at radius 1 is 1.06 bits per heavy atom. The second-order valence-corrected chi connectivity index (χ2v) is 10.1. The molecule has 9 heteroatoms. The lowest BCUT2D eigenvalue weighted by Crippen LogP contribution is -2.54. The van der Waals surface area contributed by atoms with Gasteiger partial charge in [0.15, 0.2) is 0 Å². The average molecular weight is 513 g/mol. The molecule has 3 amide bonds. The molecule has 0 aliphatic heterocycles. The molecule has 4 rings (SSSR count). The van der Waals surface area contributed by atoms with E-state index in [2.05, 4.69) is 20.9 Å². The molecule has 2 aromatic carbocycles. The Morgan fingerprint density at radius 2 is 1.77 bits per heavy atom. The summed E-state index contributed by atoms with van der Waals surface area (Å²) in [6, 6.07) is 12.3. The van der Waals surface area contributed by atoms with E-state index in [1.54, 1.807) is 29.6 Å². The van der Waals surface area contributed by atoms with Crippen molar-refractivity contribution in [3.05, 3.63) is 74.7 Å². The fourth-order valence-electron chi connectivity index (χ4n) is 4.09. The number of anilines is 1. The largest absolute Gasteiger partial charge is 0.486 e. The first-order valence-corrected chi connectivity index (χ1v) is 12.9. The van der Waals surface area contributed by atoms with Crippen LogP contribution in [-0.4, -0.2) is 29.0 Å². The Kier molecular flexibility index (Phi) is 8.25. The van der Waals surface area contributed by atoms with Crippen LogP contribution < -0.4 is 20.7 Å². The van der Waals surface area contributed by atoms with Crippen LogP contribution >= 0.6 is 22.9 Å². The Bertz CT molecular complexity index is 1180. The summed E-state index contributed by atoms with van der Waals surface area (Å²) < 4.78 is 5.72. The molecule has 0 saturated heterocycles. The van der Waals surface area contributed by atoms with Crippen molar-refractivity contribution in [3.8, 4) is 5.75 Å². The van der Waals surface area contributed by atoms with Gasteiger partial charge in [0.2, 0.25) is 0 Å². The molecule has 35 heavy (non-hydrogen) atoms. The number of ether oxygens (including phenoxy) is 1. The Balaban J connectivity index is 1.32. The van der Waals surface area contributed by atoms with Gasteiger partial charge in [-0.05, 0) is 68.1 Å². The summed E-state index contributed by atoms with van der Waals surface area (Å²) in [7, 11) is 0. The first kappa shape index (κ1) is 25.0. The van der Waals surface area contributed by atoms with Crippen molar-refractivity contribution >= 4 is 40.6 Å². The number of halogens is 1. The van der Waals surface area contributed by atoms with E-state index in [1.165, 1.54) is 11.3 Å². The third-order valence-electron chi connectivity index (χ3n) is 6.21. The first-order valence-electron chi connectivity index (χ1n) is 11.7. The van der Waals surface area contributed by atoms with Gasteiger partial charge in [-0.25, -0.2) is 9.78 Å². The number of carbonyl (C=O) groups excluding carboxylic acids is 2. The summed E-state index contributed by atoms with van der Waals surface area (Å²) in [6.07, 6.45) is 3.61. The molecule has 3 N–H and O–H groups in total. The summed E-state index contributed by atoms with van der Waals surface area (Å²) in [4.78, 5) is 30.0. The topological polar surface area (TPSA) is 92.4 Å². The number of benzene rings is 2. The highest BCUT2D eigenvalue weighted by atomic mass is 35.5. The average Bonchev–Trinajstić information content (AvgIpc) is 3.32. The predicted molar refractivity (Wildman–Crippen MR) is 139 cm³/mol. The molecule has 1 aliphatic carbocycles. The van der Waals surface area contributed by atoms with E-state index in [-0.39, 0.29) is 30.6 Å². The van der Waals surface area contributed by atoms with Gasteiger partial charge in [-0.1, -0.05) is 36.6 Å². The fourth-order valence-corrected chi connectivity index (χ4v) is 4.90. The minimum absolute atomic E-state index is 0.149. The van der Waals surface area contributed by atoms with Gasteiger partial charge in [-0.15, -0.1) is 11.3 Å². The molecular weight excluding hydrogens is 484 g/mol. The number of nitrogens with one attached hydrogen (secondary N) is 3. The van der Waals surface area contributed by atoms with Crippen molar-refractivity contribution in [2.75, 3.05) is 5.32 Å². The van der Waals surface area contributed by atoms with E-state index in [1.807, 2.05) is 32.0 Å². The third-order valence-corrected chi connectivity index (χ3v) is 7.29. The third kappa shape index (κ3) is 6.74. The van der Waals surface area contributed by atoms with E-state index in [9.17, 15) is 9.59 Å². The molecule has 1 heterocycles. The lowest BCUT2D eigenvalue weighted by molar-refractivity contribution is 0.0911. The summed E-state index contributed by atoms with van der Waals surface area (Å²) in [5.41, 5.74) is 3.30. The molecule has 1 aliphatic rings. The van der Waals surface area contributed by atoms with E-state index in [4.69, 9.17) is 16.3 Å². The van der Waals surface area contributed by atoms with Gasteiger partial charge in [0.1, 0.15) is 23.1 Å². The number of nitrogens with zero attached hydrogens (tertiary/aromatic N) is 1. The molecule has 1 fully saturated rings. The Morgan fingerprint density at radius 3 is 2.51 bits per heavy atom. The maximum absolute atomic E-state index is 12.9. The van der Waals surface area contributed by atoms with Crippen LogP contribution in [0, 0.1) is 13.8 Å². The van der Waals surface area contributed by atoms with Crippen LogP contribution in [0.25, 0.3) is 0 Å². The number of amides is 3. The molecular formula is C26H29ClN4O3S. The number of aromatic nitrogens is 1. The van der Waals surface area contributed by atoms with E-state index in [0.29, 0.717) is 21.5 Å². The molecule has 184 valence electrons. The van der Waals surface area contributed by atoms with Crippen LogP contribution in [0.5, 0.6) is 5.75 Å². The summed E-state index contributed by atoms with van der Waals surface area (Å²) in [6.45, 7) is 4.27. The number of thiazole rings is 1. The molecule has 0 bridgehead atoms. The van der Waals surface area contributed by atoms with E-state index >= 15 is 0 Å². The quantitative estimate of drug-likeness (QED) is 0.370. The van der Waals surface area contributed by atoms with E-state index in [0.717, 1.165) is 42.5 Å². The number of rotatable bonds is 7. The van der Waals surface area contributed by atoms with Gasteiger partial charge in [-0.2, -0.15) is 0 Å². The van der Waals surface area contributed by atoms with Crippen molar-refractivity contribution in [3.63, 3.8) is 0 Å².